The Bertz CT molecular complexity index is 1120. The van der Waals surface area contributed by atoms with Gasteiger partial charge in [-0.2, -0.15) is 0 Å². The number of benzene rings is 2. The molecule has 3 aromatic rings. The number of amides is 1. The van der Waals surface area contributed by atoms with Crippen molar-refractivity contribution in [2.75, 3.05) is 7.11 Å². The average Bonchev–Trinajstić information content (AvgIpc) is 3.15. The number of hydrogen-bond donors (Lipinski definition) is 2. The minimum Gasteiger partial charge on any atom is -0.497 e. The summed E-state index contributed by atoms with van der Waals surface area (Å²) in [6.45, 7) is 1.39. The second-order valence-corrected chi connectivity index (χ2v) is 7.72. The van der Waals surface area contributed by atoms with Gasteiger partial charge in [0.15, 0.2) is 0 Å². The number of ether oxygens (including phenoxy) is 2. The fourth-order valence-corrected chi connectivity index (χ4v) is 4.12. The van der Waals surface area contributed by atoms with Crippen LogP contribution < -0.4 is 14.8 Å². The first-order valence-corrected chi connectivity index (χ1v) is 10.2. The molecule has 1 aromatic heterocycles. The molecule has 3 unspecified atom stereocenters. The number of aromatic nitrogens is 1. The number of fused-ring (bicyclic) bond motifs is 1. The zero-order chi connectivity index (χ0) is 22.0. The molecule has 7 nitrogen and oxygen atoms in total. The fourth-order valence-electron chi connectivity index (χ4n) is 4.12. The minimum absolute atomic E-state index is 0.246. The second kappa shape index (κ2) is 8.63. The van der Waals surface area contributed by atoms with Gasteiger partial charge in [0.05, 0.1) is 24.2 Å². The monoisotopic (exact) mass is 420 g/mol. The summed E-state index contributed by atoms with van der Waals surface area (Å²) in [6.07, 6.45) is 0.409. The smallest absolute Gasteiger partial charge is 0.308 e. The third kappa shape index (κ3) is 4.45. The van der Waals surface area contributed by atoms with Gasteiger partial charge in [-0.15, -0.1) is 0 Å². The lowest BCUT2D eigenvalue weighted by Crippen LogP contribution is -2.39. The molecule has 31 heavy (non-hydrogen) atoms. The van der Waals surface area contributed by atoms with Gasteiger partial charge in [0.2, 0.25) is 5.91 Å². The zero-order valence-corrected chi connectivity index (χ0v) is 17.4. The van der Waals surface area contributed by atoms with Crippen LogP contribution in [0.15, 0.2) is 54.6 Å². The number of pyridine rings is 1. The maximum Gasteiger partial charge on any atom is 0.308 e. The Balaban J connectivity index is 1.71. The molecule has 0 bridgehead atoms. The van der Waals surface area contributed by atoms with Crippen molar-refractivity contribution in [1.82, 2.24) is 10.3 Å². The first-order valence-electron chi connectivity index (χ1n) is 10.2. The molecule has 160 valence electrons. The molecular formula is C24H24N2O5. The Labute approximate surface area is 180 Å². The molecule has 1 fully saturated rings. The maximum atomic E-state index is 11.7. The van der Waals surface area contributed by atoms with E-state index in [1.165, 1.54) is 6.92 Å². The summed E-state index contributed by atoms with van der Waals surface area (Å²) in [4.78, 5) is 28.0. The Morgan fingerprint density at radius 2 is 1.87 bits per heavy atom. The predicted octanol–water partition coefficient (Wildman–Crippen LogP) is 3.66. The fraction of sp³-hybridized carbons (Fsp3) is 0.292. The van der Waals surface area contributed by atoms with Crippen molar-refractivity contribution in [3.8, 4) is 22.8 Å². The number of methoxy groups -OCH3 is 1. The van der Waals surface area contributed by atoms with Crippen LogP contribution in [-0.2, 0) is 9.59 Å². The summed E-state index contributed by atoms with van der Waals surface area (Å²) >= 11 is 0. The highest BCUT2D eigenvalue weighted by atomic mass is 16.5. The highest BCUT2D eigenvalue weighted by Gasteiger charge is 2.40. The lowest BCUT2D eigenvalue weighted by Gasteiger charge is -2.17. The number of carboxylic acids is 1. The Hall–Kier alpha value is -3.61. The van der Waals surface area contributed by atoms with Crippen LogP contribution in [0.25, 0.3) is 22.2 Å². The number of carbonyl (C=O) groups is 2. The second-order valence-electron chi connectivity index (χ2n) is 7.72. The van der Waals surface area contributed by atoms with Gasteiger partial charge in [0.1, 0.15) is 17.6 Å². The number of rotatable bonds is 6. The van der Waals surface area contributed by atoms with E-state index in [-0.39, 0.29) is 12.0 Å². The van der Waals surface area contributed by atoms with E-state index in [9.17, 15) is 14.7 Å². The number of hydrogen-bond acceptors (Lipinski definition) is 5. The highest BCUT2D eigenvalue weighted by molar-refractivity contribution is 5.89. The molecule has 3 atom stereocenters. The van der Waals surface area contributed by atoms with E-state index < -0.39 is 17.9 Å². The van der Waals surface area contributed by atoms with Crippen molar-refractivity contribution in [2.24, 2.45) is 5.92 Å². The van der Waals surface area contributed by atoms with E-state index in [2.05, 4.69) is 5.32 Å². The lowest BCUT2D eigenvalue weighted by molar-refractivity contribution is -0.142. The first kappa shape index (κ1) is 20.7. The van der Waals surface area contributed by atoms with Crippen molar-refractivity contribution in [1.29, 1.82) is 0 Å². The molecule has 0 radical (unpaired) electrons. The van der Waals surface area contributed by atoms with Gasteiger partial charge in [-0.3, -0.25) is 9.59 Å². The summed E-state index contributed by atoms with van der Waals surface area (Å²) in [7, 11) is 1.60. The Morgan fingerprint density at radius 1 is 1.10 bits per heavy atom. The maximum absolute atomic E-state index is 11.7. The van der Waals surface area contributed by atoms with Gasteiger partial charge in [0, 0.05) is 42.5 Å². The van der Waals surface area contributed by atoms with Crippen LogP contribution in [0.2, 0.25) is 0 Å². The van der Waals surface area contributed by atoms with E-state index in [1.807, 2.05) is 54.6 Å². The zero-order valence-electron chi connectivity index (χ0n) is 17.4. The Kier molecular flexibility index (Phi) is 5.75. The van der Waals surface area contributed by atoms with E-state index >= 15 is 0 Å². The van der Waals surface area contributed by atoms with Crippen LogP contribution in [0.3, 0.4) is 0 Å². The Morgan fingerprint density at radius 3 is 2.55 bits per heavy atom. The molecule has 4 rings (SSSR count). The summed E-state index contributed by atoms with van der Waals surface area (Å²) in [6, 6.07) is 16.8. The number of carboxylic acid groups (broad SMARTS) is 1. The molecule has 1 heterocycles. The molecule has 0 saturated heterocycles. The van der Waals surface area contributed by atoms with Gasteiger partial charge < -0.3 is 19.9 Å². The van der Waals surface area contributed by atoms with Crippen molar-refractivity contribution in [3.05, 3.63) is 54.6 Å². The average molecular weight is 420 g/mol. The molecule has 1 aliphatic carbocycles. The molecule has 7 heteroatoms. The molecule has 1 aliphatic rings. The molecule has 0 spiro atoms. The molecule has 0 aliphatic heterocycles. The van der Waals surface area contributed by atoms with Crippen molar-refractivity contribution >= 4 is 22.8 Å². The van der Waals surface area contributed by atoms with Crippen LogP contribution in [0.4, 0.5) is 0 Å². The predicted molar refractivity (Wildman–Crippen MR) is 116 cm³/mol. The molecule has 2 N–H and O–H groups in total. The van der Waals surface area contributed by atoms with Crippen molar-refractivity contribution < 1.29 is 24.2 Å². The highest BCUT2D eigenvalue weighted by Crippen LogP contribution is 2.36. The van der Waals surface area contributed by atoms with Crippen molar-refractivity contribution in [2.45, 2.75) is 31.9 Å². The largest absolute Gasteiger partial charge is 0.497 e. The summed E-state index contributed by atoms with van der Waals surface area (Å²) in [5.41, 5.74) is 2.42. The van der Waals surface area contributed by atoms with E-state index in [0.29, 0.717) is 24.3 Å². The molecular weight excluding hydrogens is 396 g/mol. The van der Waals surface area contributed by atoms with E-state index in [4.69, 9.17) is 14.5 Å². The van der Waals surface area contributed by atoms with Gasteiger partial charge in [-0.05, 0) is 18.6 Å². The van der Waals surface area contributed by atoms with Gasteiger partial charge >= 0.3 is 5.97 Å². The van der Waals surface area contributed by atoms with Crippen molar-refractivity contribution in [3.63, 3.8) is 0 Å². The number of nitrogens with one attached hydrogen (secondary N) is 1. The van der Waals surface area contributed by atoms with Crippen LogP contribution in [0.5, 0.6) is 11.5 Å². The summed E-state index contributed by atoms with van der Waals surface area (Å²) < 4.78 is 11.7. The standard InChI is InChI=1S/C24H24N2O5/c1-14(27)25-22-12-17(10-19(22)24(28)29)31-23-13-20(15-6-4-3-5-7-15)26-21-11-16(30-2)8-9-18(21)23/h3-9,11,13,17,19,22H,10,12H2,1-2H3,(H,25,27)(H,28,29). The summed E-state index contributed by atoms with van der Waals surface area (Å²) in [5, 5.41) is 13.1. The van der Waals surface area contributed by atoms with Crippen LogP contribution in [0, 0.1) is 5.92 Å². The molecule has 1 amide bonds. The quantitative estimate of drug-likeness (QED) is 0.632. The van der Waals surface area contributed by atoms with E-state index in [1.54, 1.807) is 7.11 Å². The van der Waals surface area contributed by atoms with Crippen LogP contribution >= 0.6 is 0 Å². The molecule has 2 aromatic carbocycles. The summed E-state index contributed by atoms with van der Waals surface area (Å²) in [5.74, 6) is -0.544. The normalized spacial score (nSPS) is 20.4. The third-order valence-electron chi connectivity index (χ3n) is 5.57. The number of nitrogens with zero attached hydrogens (tertiary/aromatic N) is 1. The third-order valence-corrected chi connectivity index (χ3v) is 5.57. The molecule has 1 saturated carbocycles. The minimum atomic E-state index is -0.931. The van der Waals surface area contributed by atoms with Gasteiger partial charge in [0.25, 0.3) is 0 Å². The van der Waals surface area contributed by atoms with E-state index in [0.717, 1.165) is 22.2 Å². The SMILES string of the molecule is COc1ccc2c(OC3CC(NC(C)=O)C(C(=O)O)C3)cc(-c3ccccc3)nc2c1. The topological polar surface area (TPSA) is 97.8 Å². The number of carbonyl (C=O) groups excluding carboxylic acids is 1. The van der Waals surface area contributed by atoms with Gasteiger partial charge in [-0.25, -0.2) is 4.98 Å². The first-order chi connectivity index (χ1) is 14.9. The number of aliphatic carboxylic acids is 1. The lowest BCUT2D eigenvalue weighted by atomic mass is 10.0. The van der Waals surface area contributed by atoms with Crippen LogP contribution in [-0.4, -0.2) is 41.2 Å². The van der Waals surface area contributed by atoms with Gasteiger partial charge in [-0.1, -0.05) is 30.3 Å². The van der Waals surface area contributed by atoms with Crippen LogP contribution in [0.1, 0.15) is 19.8 Å².